The summed E-state index contributed by atoms with van der Waals surface area (Å²) < 4.78 is 0. The second kappa shape index (κ2) is 3.81. The van der Waals surface area contributed by atoms with Crippen LogP contribution in [0.15, 0.2) is 23.3 Å². The van der Waals surface area contributed by atoms with Gasteiger partial charge in [0.15, 0.2) is 0 Å². The summed E-state index contributed by atoms with van der Waals surface area (Å²) in [6.45, 7) is 11.9. The van der Waals surface area contributed by atoms with Crippen molar-refractivity contribution < 1.29 is 0 Å². The highest BCUT2D eigenvalue weighted by Crippen LogP contribution is 2.48. The molecule has 4 unspecified atom stereocenters. The Kier molecular flexibility index (Phi) is 2.79. The predicted octanol–water partition coefficient (Wildman–Crippen LogP) is 4.44. The zero-order chi connectivity index (χ0) is 11.2. The van der Waals surface area contributed by atoms with Crippen molar-refractivity contribution in [2.75, 3.05) is 0 Å². The first-order valence-corrected chi connectivity index (χ1v) is 6.50. The first kappa shape index (κ1) is 11.0. The van der Waals surface area contributed by atoms with E-state index in [4.69, 9.17) is 0 Å². The van der Waals surface area contributed by atoms with Gasteiger partial charge in [-0.1, -0.05) is 46.8 Å². The van der Waals surface area contributed by atoms with Crippen LogP contribution < -0.4 is 0 Å². The van der Waals surface area contributed by atoms with Gasteiger partial charge in [0, 0.05) is 0 Å². The van der Waals surface area contributed by atoms with Gasteiger partial charge in [0.25, 0.3) is 0 Å². The van der Waals surface area contributed by atoms with Gasteiger partial charge in [-0.25, -0.2) is 0 Å². The smallest absolute Gasteiger partial charge is 0.00441 e. The van der Waals surface area contributed by atoms with Gasteiger partial charge in [-0.15, -0.1) is 0 Å². The maximum absolute atomic E-state index is 2.53. The van der Waals surface area contributed by atoms with Crippen LogP contribution in [0.3, 0.4) is 0 Å². The summed E-state index contributed by atoms with van der Waals surface area (Å²) in [5, 5.41) is 0. The molecule has 84 valence electrons. The summed E-state index contributed by atoms with van der Waals surface area (Å²) in [5.74, 6) is 3.91. The molecule has 0 aromatic heterocycles. The Bertz CT molecular complexity index is 278. The molecule has 4 atom stereocenters. The predicted molar refractivity (Wildman–Crippen MR) is 66.6 cm³/mol. The minimum absolute atomic E-state index is 0.720. The average molecular weight is 204 g/mol. The third-order valence-electron chi connectivity index (χ3n) is 4.98. The van der Waals surface area contributed by atoms with Gasteiger partial charge in [0.1, 0.15) is 0 Å². The lowest BCUT2D eigenvalue weighted by molar-refractivity contribution is 0.226. The van der Waals surface area contributed by atoms with Crippen LogP contribution in [0, 0.1) is 29.6 Å². The second-order valence-electron chi connectivity index (χ2n) is 5.61. The minimum atomic E-state index is 0.720. The summed E-state index contributed by atoms with van der Waals surface area (Å²) in [6.07, 6.45) is 6.31. The molecule has 15 heavy (non-hydrogen) atoms. The van der Waals surface area contributed by atoms with Crippen molar-refractivity contribution in [1.29, 1.82) is 0 Å². The Morgan fingerprint density at radius 2 is 1.27 bits per heavy atom. The van der Waals surface area contributed by atoms with Gasteiger partial charge in [0.05, 0.1) is 0 Å². The molecule has 0 N–H and O–H groups in total. The zero-order valence-corrected chi connectivity index (χ0v) is 10.7. The number of hydrogen-bond donors (Lipinski definition) is 0. The van der Waals surface area contributed by atoms with Crippen molar-refractivity contribution in [2.24, 2.45) is 29.6 Å². The van der Waals surface area contributed by atoms with Crippen molar-refractivity contribution in [3.05, 3.63) is 23.3 Å². The molecular formula is C15H24. The largest absolute Gasteiger partial charge is 0.0738 e. The molecule has 2 aliphatic carbocycles. The van der Waals surface area contributed by atoms with Crippen molar-refractivity contribution >= 4 is 0 Å². The van der Waals surface area contributed by atoms with Crippen LogP contribution in [0.25, 0.3) is 0 Å². The van der Waals surface area contributed by atoms with E-state index in [0.717, 1.165) is 29.6 Å². The van der Waals surface area contributed by atoms with Crippen molar-refractivity contribution in [1.82, 2.24) is 0 Å². The molecule has 0 amide bonds. The van der Waals surface area contributed by atoms with Crippen LogP contribution in [0.5, 0.6) is 0 Å². The summed E-state index contributed by atoms with van der Waals surface area (Å²) in [4.78, 5) is 0. The van der Waals surface area contributed by atoms with Gasteiger partial charge < -0.3 is 0 Å². The van der Waals surface area contributed by atoms with Crippen molar-refractivity contribution in [3.63, 3.8) is 0 Å². The van der Waals surface area contributed by atoms with Crippen LogP contribution in [-0.4, -0.2) is 0 Å². The van der Waals surface area contributed by atoms with E-state index in [-0.39, 0.29) is 0 Å². The van der Waals surface area contributed by atoms with E-state index in [1.54, 1.807) is 11.1 Å². The monoisotopic (exact) mass is 204 g/mol. The SMILES string of the molecule is CCC1C=C2C(=C1)C(C)C(C)C(C)C2C. The van der Waals surface area contributed by atoms with Crippen LogP contribution in [-0.2, 0) is 0 Å². The Morgan fingerprint density at radius 3 is 1.60 bits per heavy atom. The Labute approximate surface area is 94.5 Å². The molecule has 0 aromatic carbocycles. The van der Waals surface area contributed by atoms with Crippen LogP contribution in [0.2, 0.25) is 0 Å². The highest BCUT2D eigenvalue weighted by Gasteiger charge is 2.37. The highest BCUT2D eigenvalue weighted by molar-refractivity contribution is 5.44. The average Bonchev–Trinajstić information content (AvgIpc) is 2.67. The Balaban J connectivity index is 2.35. The molecule has 0 heterocycles. The maximum atomic E-state index is 2.53. The molecule has 0 aromatic rings. The molecule has 0 spiro atoms. The van der Waals surface area contributed by atoms with E-state index in [1.807, 2.05) is 0 Å². The number of hydrogen-bond acceptors (Lipinski definition) is 0. The standard InChI is InChI=1S/C15H24/c1-6-13-7-14-11(4)9(2)10(3)12(5)15(14)8-13/h7-13H,6H2,1-5H3. The summed E-state index contributed by atoms with van der Waals surface area (Å²) in [6, 6.07) is 0. The molecule has 1 saturated carbocycles. The van der Waals surface area contributed by atoms with Crippen LogP contribution in [0.1, 0.15) is 41.0 Å². The van der Waals surface area contributed by atoms with Gasteiger partial charge in [-0.3, -0.25) is 0 Å². The Morgan fingerprint density at radius 1 is 0.867 bits per heavy atom. The highest BCUT2D eigenvalue weighted by atomic mass is 14.4. The van der Waals surface area contributed by atoms with E-state index < -0.39 is 0 Å². The summed E-state index contributed by atoms with van der Waals surface area (Å²) in [5.41, 5.74) is 3.33. The lowest BCUT2D eigenvalue weighted by Crippen LogP contribution is -2.31. The molecular weight excluding hydrogens is 180 g/mol. The summed E-state index contributed by atoms with van der Waals surface area (Å²) >= 11 is 0. The second-order valence-corrected chi connectivity index (χ2v) is 5.61. The summed E-state index contributed by atoms with van der Waals surface area (Å²) in [7, 11) is 0. The molecule has 0 heteroatoms. The van der Waals surface area contributed by atoms with Gasteiger partial charge in [-0.2, -0.15) is 0 Å². The van der Waals surface area contributed by atoms with Gasteiger partial charge >= 0.3 is 0 Å². The van der Waals surface area contributed by atoms with Crippen LogP contribution >= 0.6 is 0 Å². The third-order valence-corrected chi connectivity index (χ3v) is 4.98. The molecule has 0 saturated heterocycles. The molecule has 0 bridgehead atoms. The molecule has 0 aliphatic heterocycles. The number of allylic oxidation sites excluding steroid dienone is 4. The number of fused-ring (bicyclic) bond motifs is 1. The van der Waals surface area contributed by atoms with E-state index in [2.05, 4.69) is 46.8 Å². The molecule has 0 nitrogen and oxygen atoms in total. The quantitative estimate of drug-likeness (QED) is 0.592. The Hall–Kier alpha value is -0.520. The normalized spacial score (nSPS) is 44.7. The third kappa shape index (κ3) is 1.58. The van der Waals surface area contributed by atoms with Crippen molar-refractivity contribution in [2.45, 2.75) is 41.0 Å². The van der Waals surface area contributed by atoms with Gasteiger partial charge in [0.2, 0.25) is 0 Å². The zero-order valence-electron chi connectivity index (χ0n) is 10.7. The lowest BCUT2D eigenvalue weighted by atomic mass is 9.65. The molecule has 1 fully saturated rings. The maximum Gasteiger partial charge on any atom is -0.00441 e. The fraction of sp³-hybridized carbons (Fsp3) is 0.733. The van der Waals surface area contributed by atoms with E-state index >= 15 is 0 Å². The van der Waals surface area contributed by atoms with E-state index in [1.165, 1.54) is 6.42 Å². The molecule has 2 rings (SSSR count). The first-order valence-electron chi connectivity index (χ1n) is 6.50. The topological polar surface area (TPSA) is 0 Å². The molecule has 2 aliphatic rings. The van der Waals surface area contributed by atoms with Crippen molar-refractivity contribution in [3.8, 4) is 0 Å². The molecule has 0 radical (unpaired) electrons. The fourth-order valence-corrected chi connectivity index (χ4v) is 3.24. The minimum Gasteiger partial charge on any atom is -0.0738 e. The van der Waals surface area contributed by atoms with Gasteiger partial charge in [-0.05, 0) is 47.2 Å². The first-order chi connectivity index (χ1) is 7.06. The van der Waals surface area contributed by atoms with E-state index in [9.17, 15) is 0 Å². The fourth-order valence-electron chi connectivity index (χ4n) is 3.24. The lowest BCUT2D eigenvalue weighted by Gasteiger charge is -2.39. The van der Waals surface area contributed by atoms with Crippen LogP contribution in [0.4, 0.5) is 0 Å². The van der Waals surface area contributed by atoms with E-state index in [0.29, 0.717) is 0 Å². The number of rotatable bonds is 1.